The van der Waals surface area contributed by atoms with Gasteiger partial charge in [-0.15, -0.1) is 11.3 Å². The van der Waals surface area contributed by atoms with E-state index in [1.54, 1.807) is 38.0 Å². The topological polar surface area (TPSA) is 60.7 Å². The summed E-state index contributed by atoms with van der Waals surface area (Å²) in [6, 6.07) is 9.94. The van der Waals surface area contributed by atoms with Crippen LogP contribution in [0.2, 0.25) is 0 Å². The Balaban J connectivity index is 1.86. The van der Waals surface area contributed by atoms with Gasteiger partial charge < -0.3 is 14.8 Å². The number of nitrogens with one attached hydrogen (secondary N) is 1. The molecule has 0 aliphatic carbocycles. The number of fused-ring (bicyclic) bond motifs is 1. The summed E-state index contributed by atoms with van der Waals surface area (Å²) in [4.78, 5) is 10.2. The van der Waals surface area contributed by atoms with Crippen LogP contribution in [0.4, 0.5) is 5.82 Å². The number of hydrogen-bond acceptors (Lipinski definition) is 6. The molecule has 132 valence electrons. The van der Waals surface area contributed by atoms with Crippen LogP contribution in [0.3, 0.4) is 0 Å². The number of anilines is 1. The lowest BCUT2D eigenvalue weighted by atomic mass is 10.1. The molecule has 1 aromatic carbocycles. The number of imidazole rings is 1. The minimum Gasteiger partial charge on any atom is -0.493 e. The van der Waals surface area contributed by atoms with E-state index in [1.807, 2.05) is 34.9 Å². The number of hydrogen-bond donors (Lipinski definition) is 1. The van der Waals surface area contributed by atoms with Crippen LogP contribution >= 0.6 is 11.3 Å². The van der Waals surface area contributed by atoms with Crippen LogP contribution in [-0.4, -0.2) is 28.6 Å². The van der Waals surface area contributed by atoms with E-state index in [1.165, 1.54) is 4.88 Å². The van der Waals surface area contributed by atoms with Gasteiger partial charge in [-0.3, -0.25) is 9.38 Å². The van der Waals surface area contributed by atoms with Crippen LogP contribution in [0.25, 0.3) is 16.9 Å². The smallest absolute Gasteiger partial charge is 0.170 e. The van der Waals surface area contributed by atoms with Crippen LogP contribution in [0.15, 0.2) is 54.3 Å². The zero-order valence-electron chi connectivity index (χ0n) is 14.5. The van der Waals surface area contributed by atoms with Gasteiger partial charge in [-0.05, 0) is 23.6 Å². The Hall–Kier alpha value is -3.06. The van der Waals surface area contributed by atoms with E-state index in [0.717, 1.165) is 22.7 Å². The molecular formula is C19H18N4O2S. The van der Waals surface area contributed by atoms with Crippen molar-refractivity contribution in [3.63, 3.8) is 0 Å². The van der Waals surface area contributed by atoms with Crippen LogP contribution in [-0.2, 0) is 6.54 Å². The Morgan fingerprint density at radius 2 is 2.08 bits per heavy atom. The highest BCUT2D eigenvalue weighted by molar-refractivity contribution is 7.09. The second-order valence-corrected chi connectivity index (χ2v) is 6.62. The van der Waals surface area contributed by atoms with Gasteiger partial charge >= 0.3 is 0 Å². The number of para-hydroxylation sites is 1. The predicted molar refractivity (Wildman–Crippen MR) is 103 cm³/mol. The summed E-state index contributed by atoms with van der Waals surface area (Å²) in [6.07, 6.45) is 5.39. The molecule has 0 fully saturated rings. The maximum Gasteiger partial charge on any atom is 0.170 e. The number of rotatable bonds is 6. The van der Waals surface area contributed by atoms with Gasteiger partial charge in [-0.1, -0.05) is 12.1 Å². The van der Waals surface area contributed by atoms with Gasteiger partial charge in [0.05, 0.1) is 27.0 Å². The molecule has 0 radical (unpaired) electrons. The molecule has 7 heteroatoms. The number of methoxy groups -OCH3 is 2. The van der Waals surface area contributed by atoms with Gasteiger partial charge in [0, 0.05) is 22.8 Å². The second-order valence-electron chi connectivity index (χ2n) is 5.59. The van der Waals surface area contributed by atoms with Gasteiger partial charge in [0.25, 0.3) is 0 Å². The van der Waals surface area contributed by atoms with Gasteiger partial charge in [0.2, 0.25) is 0 Å². The fourth-order valence-electron chi connectivity index (χ4n) is 2.92. The van der Waals surface area contributed by atoms with Gasteiger partial charge in [0.15, 0.2) is 17.1 Å². The minimum atomic E-state index is 0.658. The Labute approximate surface area is 155 Å². The predicted octanol–water partition coefficient (Wildman–Crippen LogP) is 4.09. The lowest BCUT2D eigenvalue weighted by molar-refractivity contribution is 0.356. The Morgan fingerprint density at radius 1 is 1.15 bits per heavy atom. The number of aromatic nitrogens is 3. The summed E-state index contributed by atoms with van der Waals surface area (Å²) in [5, 5.41) is 5.58. The summed E-state index contributed by atoms with van der Waals surface area (Å²) >= 11 is 1.72. The lowest BCUT2D eigenvalue weighted by Crippen LogP contribution is -2.03. The monoisotopic (exact) mass is 366 g/mol. The standard InChI is InChI=1S/C19H18N4O2S/c1-24-15-7-3-6-14(18(15)25-2)17-19(21-11-13-5-4-10-26-13)23-9-8-20-12-16(23)22-17/h3-10,12,21H,11H2,1-2H3. The number of thiophene rings is 1. The highest BCUT2D eigenvalue weighted by atomic mass is 32.1. The molecule has 0 bridgehead atoms. The number of benzene rings is 1. The SMILES string of the molecule is COc1cccc(-c2nc3cnccn3c2NCc2cccs2)c1OC. The molecule has 26 heavy (non-hydrogen) atoms. The molecule has 0 aliphatic heterocycles. The molecule has 4 rings (SSSR count). The molecule has 0 spiro atoms. The Bertz CT molecular complexity index is 1030. The summed E-state index contributed by atoms with van der Waals surface area (Å²) in [5.74, 6) is 2.22. The molecule has 3 heterocycles. The average Bonchev–Trinajstić information content (AvgIpc) is 3.33. The first-order chi connectivity index (χ1) is 12.8. The normalized spacial score (nSPS) is 10.8. The van der Waals surface area contributed by atoms with Crippen LogP contribution in [0.5, 0.6) is 11.5 Å². The third-order valence-electron chi connectivity index (χ3n) is 4.10. The Kier molecular flexibility index (Phi) is 4.45. The number of nitrogens with zero attached hydrogens (tertiary/aromatic N) is 3. The minimum absolute atomic E-state index is 0.658. The average molecular weight is 366 g/mol. The summed E-state index contributed by atoms with van der Waals surface area (Å²) < 4.78 is 13.0. The first-order valence-electron chi connectivity index (χ1n) is 8.11. The van der Waals surface area contributed by atoms with Crippen molar-refractivity contribution in [2.24, 2.45) is 0 Å². The van der Waals surface area contributed by atoms with Crippen molar-refractivity contribution in [3.05, 3.63) is 59.2 Å². The molecule has 3 aromatic heterocycles. The summed E-state index contributed by atoms with van der Waals surface area (Å²) in [5.41, 5.74) is 2.43. The van der Waals surface area contributed by atoms with Gasteiger partial charge in [0.1, 0.15) is 11.5 Å². The van der Waals surface area contributed by atoms with Gasteiger partial charge in [-0.25, -0.2) is 4.98 Å². The zero-order valence-corrected chi connectivity index (χ0v) is 15.3. The second kappa shape index (κ2) is 7.05. The van der Waals surface area contributed by atoms with E-state index in [2.05, 4.69) is 21.7 Å². The van der Waals surface area contributed by atoms with Crippen molar-refractivity contribution in [1.29, 1.82) is 0 Å². The lowest BCUT2D eigenvalue weighted by Gasteiger charge is -2.13. The van der Waals surface area contributed by atoms with Crippen molar-refractivity contribution in [3.8, 4) is 22.8 Å². The van der Waals surface area contributed by atoms with Crippen LogP contribution < -0.4 is 14.8 Å². The summed E-state index contributed by atoms with van der Waals surface area (Å²) in [6.45, 7) is 0.715. The fraction of sp³-hybridized carbons (Fsp3) is 0.158. The maximum absolute atomic E-state index is 5.61. The van der Waals surface area contributed by atoms with E-state index in [-0.39, 0.29) is 0 Å². The molecule has 6 nitrogen and oxygen atoms in total. The molecule has 0 saturated carbocycles. The van der Waals surface area contributed by atoms with E-state index >= 15 is 0 Å². The quantitative estimate of drug-likeness (QED) is 0.557. The zero-order chi connectivity index (χ0) is 17.9. The summed E-state index contributed by atoms with van der Waals surface area (Å²) in [7, 11) is 3.27. The van der Waals surface area contributed by atoms with Crippen LogP contribution in [0.1, 0.15) is 4.88 Å². The van der Waals surface area contributed by atoms with Crippen molar-refractivity contribution < 1.29 is 9.47 Å². The van der Waals surface area contributed by atoms with Crippen molar-refractivity contribution in [2.75, 3.05) is 19.5 Å². The highest BCUT2D eigenvalue weighted by Gasteiger charge is 2.20. The van der Waals surface area contributed by atoms with E-state index in [9.17, 15) is 0 Å². The molecular weight excluding hydrogens is 348 g/mol. The molecule has 0 amide bonds. The van der Waals surface area contributed by atoms with E-state index in [0.29, 0.717) is 18.0 Å². The van der Waals surface area contributed by atoms with Crippen molar-refractivity contribution in [1.82, 2.24) is 14.4 Å². The van der Waals surface area contributed by atoms with Crippen LogP contribution in [0, 0.1) is 0 Å². The highest BCUT2D eigenvalue weighted by Crippen LogP contribution is 2.40. The van der Waals surface area contributed by atoms with E-state index < -0.39 is 0 Å². The molecule has 0 unspecified atom stereocenters. The third-order valence-corrected chi connectivity index (χ3v) is 4.97. The number of ether oxygens (including phenoxy) is 2. The fourth-order valence-corrected chi connectivity index (χ4v) is 3.57. The largest absolute Gasteiger partial charge is 0.493 e. The Morgan fingerprint density at radius 3 is 2.85 bits per heavy atom. The molecule has 0 aliphatic rings. The van der Waals surface area contributed by atoms with Crippen molar-refractivity contribution >= 4 is 22.8 Å². The molecule has 4 aromatic rings. The third kappa shape index (κ3) is 2.86. The first kappa shape index (κ1) is 16.4. The van der Waals surface area contributed by atoms with Crippen molar-refractivity contribution in [2.45, 2.75) is 6.54 Å². The molecule has 0 saturated heterocycles. The molecule has 0 atom stereocenters. The maximum atomic E-state index is 5.61. The molecule has 1 N–H and O–H groups in total. The van der Waals surface area contributed by atoms with Gasteiger partial charge in [-0.2, -0.15) is 0 Å². The van der Waals surface area contributed by atoms with E-state index in [4.69, 9.17) is 14.5 Å². The first-order valence-corrected chi connectivity index (χ1v) is 8.99.